The fraction of sp³-hybridized carbons (Fsp3) is 0.188. The Morgan fingerprint density at radius 1 is 1.19 bits per heavy atom. The Bertz CT molecular complexity index is 676. The van der Waals surface area contributed by atoms with Gasteiger partial charge in [-0.15, -0.1) is 0 Å². The molecular formula is C16H17BrN2O2. The molecule has 0 saturated heterocycles. The highest BCUT2D eigenvalue weighted by molar-refractivity contribution is 9.10. The summed E-state index contributed by atoms with van der Waals surface area (Å²) in [5.41, 5.74) is 9.45. The highest BCUT2D eigenvalue weighted by Crippen LogP contribution is 2.27. The van der Waals surface area contributed by atoms with Crippen LogP contribution in [0.3, 0.4) is 0 Å². The van der Waals surface area contributed by atoms with Crippen molar-refractivity contribution in [2.75, 3.05) is 18.2 Å². The summed E-state index contributed by atoms with van der Waals surface area (Å²) in [6.45, 7) is 3.89. The minimum absolute atomic E-state index is 0.250. The van der Waals surface area contributed by atoms with Crippen LogP contribution in [0.5, 0.6) is 5.75 Å². The minimum Gasteiger partial charge on any atom is -0.497 e. The third-order valence-corrected chi connectivity index (χ3v) is 3.70. The molecule has 4 nitrogen and oxygen atoms in total. The van der Waals surface area contributed by atoms with Crippen molar-refractivity contribution in [2.24, 2.45) is 0 Å². The molecule has 0 saturated carbocycles. The first-order valence-corrected chi connectivity index (χ1v) is 7.23. The summed E-state index contributed by atoms with van der Waals surface area (Å²) in [6.07, 6.45) is 0. The van der Waals surface area contributed by atoms with E-state index < -0.39 is 0 Å². The lowest BCUT2D eigenvalue weighted by Crippen LogP contribution is -2.15. The van der Waals surface area contributed by atoms with Crippen molar-refractivity contribution in [1.29, 1.82) is 0 Å². The fourth-order valence-electron chi connectivity index (χ4n) is 2.15. The number of carbonyl (C=O) groups excluding carboxylic acids is 1. The molecule has 21 heavy (non-hydrogen) atoms. The van der Waals surface area contributed by atoms with Crippen molar-refractivity contribution < 1.29 is 9.53 Å². The van der Waals surface area contributed by atoms with Gasteiger partial charge in [0.2, 0.25) is 0 Å². The van der Waals surface area contributed by atoms with Crippen LogP contribution in [0.25, 0.3) is 0 Å². The highest BCUT2D eigenvalue weighted by atomic mass is 79.9. The van der Waals surface area contributed by atoms with E-state index in [4.69, 9.17) is 10.5 Å². The molecule has 2 rings (SSSR count). The lowest BCUT2D eigenvalue weighted by atomic mass is 10.1. The zero-order valence-electron chi connectivity index (χ0n) is 12.2. The van der Waals surface area contributed by atoms with Crippen LogP contribution in [0.1, 0.15) is 21.5 Å². The largest absolute Gasteiger partial charge is 0.497 e. The van der Waals surface area contributed by atoms with Gasteiger partial charge in [-0.3, -0.25) is 4.79 Å². The Kier molecular flexibility index (Phi) is 4.53. The number of benzene rings is 2. The number of anilines is 2. The van der Waals surface area contributed by atoms with E-state index in [2.05, 4.69) is 21.2 Å². The number of hydrogen-bond donors (Lipinski definition) is 2. The summed E-state index contributed by atoms with van der Waals surface area (Å²) in [5.74, 6) is 0.346. The molecule has 0 fully saturated rings. The molecule has 0 spiro atoms. The number of ether oxygens (including phenoxy) is 1. The smallest absolute Gasteiger partial charge is 0.257 e. The number of nitrogens with one attached hydrogen (secondary N) is 1. The van der Waals surface area contributed by atoms with Gasteiger partial charge < -0.3 is 15.8 Å². The van der Waals surface area contributed by atoms with Gasteiger partial charge in [-0.05, 0) is 55.3 Å². The second-order valence-corrected chi connectivity index (χ2v) is 5.74. The summed E-state index contributed by atoms with van der Waals surface area (Å²) in [7, 11) is 1.55. The van der Waals surface area contributed by atoms with Gasteiger partial charge >= 0.3 is 0 Å². The molecular weight excluding hydrogens is 332 g/mol. The lowest BCUT2D eigenvalue weighted by molar-refractivity contribution is 0.102. The van der Waals surface area contributed by atoms with Crippen LogP contribution in [0.4, 0.5) is 11.4 Å². The van der Waals surface area contributed by atoms with Crippen LogP contribution in [0.15, 0.2) is 34.8 Å². The number of amides is 1. The predicted octanol–water partition coefficient (Wildman–Crippen LogP) is 3.91. The van der Waals surface area contributed by atoms with E-state index in [0.717, 1.165) is 21.3 Å². The maximum absolute atomic E-state index is 12.4. The van der Waals surface area contributed by atoms with Crippen LogP contribution >= 0.6 is 15.9 Å². The van der Waals surface area contributed by atoms with E-state index >= 15 is 0 Å². The fourth-order valence-corrected chi connectivity index (χ4v) is 2.83. The normalized spacial score (nSPS) is 10.3. The van der Waals surface area contributed by atoms with Crippen LogP contribution in [-0.2, 0) is 0 Å². The first-order chi connectivity index (χ1) is 9.92. The summed E-state index contributed by atoms with van der Waals surface area (Å²) >= 11 is 3.44. The molecule has 0 unspecified atom stereocenters. The van der Waals surface area contributed by atoms with Gasteiger partial charge in [-0.2, -0.15) is 0 Å². The lowest BCUT2D eigenvalue weighted by Gasteiger charge is -2.14. The summed E-state index contributed by atoms with van der Waals surface area (Å²) in [6, 6.07) is 8.93. The molecule has 0 heterocycles. The monoisotopic (exact) mass is 348 g/mol. The standard InChI is InChI=1S/C16H17BrN2O2/c1-9-6-11(17)7-10(2)15(9)19-16(20)13-8-12(21-3)4-5-14(13)18/h4-8H,18H2,1-3H3,(H,19,20). The number of nitrogens with two attached hydrogens (primary N) is 1. The number of carbonyl (C=O) groups is 1. The third-order valence-electron chi connectivity index (χ3n) is 3.24. The second kappa shape index (κ2) is 6.18. The molecule has 3 N–H and O–H groups in total. The molecule has 0 aliphatic carbocycles. The molecule has 0 aliphatic heterocycles. The van der Waals surface area contributed by atoms with Gasteiger partial charge in [-0.1, -0.05) is 15.9 Å². The molecule has 0 aliphatic rings. The second-order valence-electron chi connectivity index (χ2n) is 4.82. The van der Waals surface area contributed by atoms with Crippen molar-refractivity contribution in [3.05, 3.63) is 51.5 Å². The number of halogens is 1. The molecule has 1 amide bonds. The zero-order chi connectivity index (χ0) is 15.6. The van der Waals surface area contributed by atoms with Crippen molar-refractivity contribution >= 4 is 33.2 Å². The van der Waals surface area contributed by atoms with E-state index in [1.807, 2.05) is 26.0 Å². The molecule has 2 aromatic carbocycles. The first kappa shape index (κ1) is 15.4. The number of rotatable bonds is 3. The molecule has 2 aromatic rings. The number of aryl methyl sites for hydroxylation is 2. The van der Waals surface area contributed by atoms with Crippen LogP contribution in [0, 0.1) is 13.8 Å². The Morgan fingerprint density at radius 2 is 1.81 bits per heavy atom. The molecule has 5 heteroatoms. The van der Waals surface area contributed by atoms with Gasteiger partial charge in [0.25, 0.3) is 5.91 Å². The third kappa shape index (κ3) is 3.36. The quantitative estimate of drug-likeness (QED) is 0.826. The van der Waals surface area contributed by atoms with E-state index in [-0.39, 0.29) is 5.91 Å². The topological polar surface area (TPSA) is 64.3 Å². The average molecular weight is 349 g/mol. The van der Waals surface area contributed by atoms with Crippen molar-refractivity contribution in [1.82, 2.24) is 0 Å². The molecule has 0 atom stereocenters. The Hall–Kier alpha value is -2.01. The van der Waals surface area contributed by atoms with Crippen molar-refractivity contribution in [3.8, 4) is 5.75 Å². The first-order valence-electron chi connectivity index (χ1n) is 6.44. The Balaban J connectivity index is 2.35. The van der Waals surface area contributed by atoms with Gasteiger partial charge in [0.1, 0.15) is 5.75 Å². The molecule has 110 valence electrons. The van der Waals surface area contributed by atoms with Gasteiger partial charge in [-0.25, -0.2) is 0 Å². The maximum atomic E-state index is 12.4. The van der Waals surface area contributed by atoms with E-state index in [0.29, 0.717) is 17.0 Å². The van der Waals surface area contributed by atoms with E-state index in [1.54, 1.807) is 25.3 Å². The van der Waals surface area contributed by atoms with Crippen LogP contribution in [0.2, 0.25) is 0 Å². The van der Waals surface area contributed by atoms with Crippen molar-refractivity contribution in [2.45, 2.75) is 13.8 Å². The number of hydrogen-bond acceptors (Lipinski definition) is 3. The highest BCUT2D eigenvalue weighted by Gasteiger charge is 2.14. The molecule has 0 aromatic heterocycles. The number of nitrogen functional groups attached to an aromatic ring is 1. The summed E-state index contributed by atoms with van der Waals surface area (Å²) < 4.78 is 6.11. The Morgan fingerprint density at radius 3 is 2.38 bits per heavy atom. The predicted molar refractivity (Wildman–Crippen MR) is 89.0 cm³/mol. The van der Waals surface area contributed by atoms with Gasteiger partial charge in [0.15, 0.2) is 0 Å². The molecule has 0 radical (unpaired) electrons. The van der Waals surface area contributed by atoms with Gasteiger partial charge in [0, 0.05) is 15.8 Å². The number of methoxy groups -OCH3 is 1. The van der Waals surface area contributed by atoms with E-state index in [9.17, 15) is 4.79 Å². The summed E-state index contributed by atoms with van der Waals surface area (Å²) in [5, 5.41) is 2.92. The van der Waals surface area contributed by atoms with Crippen LogP contribution < -0.4 is 15.8 Å². The van der Waals surface area contributed by atoms with Gasteiger partial charge in [0.05, 0.1) is 12.7 Å². The zero-order valence-corrected chi connectivity index (χ0v) is 13.7. The maximum Gasteiger partial charge on any atom is 0.257 e. The Labute approximate surface area is 132 Å². The summed E-state index contributed by atoms with van der Waals surface area (Å²) in [4.78, 5) is 12.4. The van der Waals surface area contributed by atoms with Crippen molar-refractivity contribution in [3.63, 3.8) is 0 Å². The average Bonchev–Trinajstić information content (AvgIpc) is 2.43. The van der Waals surface area contributed by atoms with Crippen LogP contribution in [-0.4, -0.2) is 13.0 Å². The molecule has 0 bridgehead atoms. The SMILES string of the molecule is COc1ccc(N)c(C(=O)Nc2c(C)cc(Br)cc2C)c1. The minimum atomic E-state index is -0.250. The van der Waals surface area contributed by atoms with E-state index in [1.165, 1.54) is 0 Å².